The summed E-state index contributed by atoms with van der Waals surface area (Å²) >= 11 is 0. The molecule has 1 unspecified atom stereocenters. The molecule has 1 amide bonds. The third kappa shape index (κ3) is 4.16. The maximum Gasteiger partial charge on any atom is 0.291 e. The summed E-state index contributed by atoms with van der Waals surface area (Å²) in [7, 11) is 0. The third-order valence-corrected chi connectivity index (χ3v) is 5.51. The average molecular weight is 475 g/mol. The number of aliphatic hydroxyl groups is 1. The lowest BCUT2D eigenvalue weighted by molar-refractivity contribution is -0.168. The van der Waals surface area contributed by atoms with Crippen molar-refractivity contribution < 1.29 is 32.2 Å². The molecular formula is C24H21F4N3O3. The predicted molar refractivity (Wildman–Crippen MR) is 117 cm³/mol. The molecule has 1 fully saturated rings. The molecular weight excluding hydrogens is 454 g/mol. The van der Waals surface area contributed by atoms with Crippen molar-refractivity contribution in [3.8, 4) is 17.0 Å². The smallest absolute Gasteiger partial charge is 0.291 e. The predicted octanol–water partition coefficient (Wildman–Crippen LogP) is 5.02. The fraction of sp³-hybridized carbons (Fsp3) is 0.250. The summed E-state index contributed by atoms with van der Waals surface area (Å²) in [6.45, 7) is 4.11. The molecule has 1 saturated heterocycles. The van der Waals surface area contributed by atoms with Gasteiger partial charge >= 0.3 is 0 Å². The molecule has 0 radical (unpaired) electrons. The number of nitrogens with zero attached hydrogens (tertiary/aromatic N) is 2. The van der Waals surface area contributed by atoms with Gasteiger partial charge in [-0.3, -0.25) is 10.2 Å². The van der Waals surface area contributed by atoms with Crippen molar-refractivity contribution in [2.24, 2.45) is 0 Å². The van der Waals surface area contributed by atoms with Gasteiger partial charge < -0.3 is 9.84 Å². The number of hydrogen-bond acceptors (Lipinski definition) is 5. The Kier molecular flexibility index (Phi) is 6.18. The quantitative estimate of drug-likeness (QED) is 0.507. The first-order valence-corrected chi connectivity index (χ1v) is 10.4. The molecule has 3 aromatic rings. The fourth-order valence-electron chi connectivity index (χ4n) is 3.79. The molecule has 6 nitrogen and oxygen atoms in total. The Balaban J connectivity index is 1.86. The topological polar surface area (TPSA) is 74.7 Å². The second-order valence-corrected chi connectivity index (χ2v) is 7.88. The summed E-state index contributed by atoms with van der Waals surface area (Å²) in [4.78, 5) is 18.0. The molecule has 1 aliphatic rings. The number of amides is 1. The number of ether oxygens (including phenoxy) is 1. The standard InChI is InChI=1S/C24H21F4N3O3/c1-3-34-15-7-5-14(6-8-15)19-11-17(16-10-13(2)4-9-18(16)29-19)22(32)31-24(33,23(27)28)12-20(30-31)21(25)26/h4-11,23,30,33H,3,12H2,1-2H3. The molecule has 1 aromatic heterocycles. The number of nitrogens with one attached hydrogen (secondary N) is 1. The van der Waals surface area contributed by atoms with Gasteiger partial charge in [-0.05, 0) is 56.3 Å². The van der Waals surface area contributed by atoms with Crippen LogP contribution < -0.4 is 10.2 Å². The van der Waals surface area contributed by atoms with E-state index in [4.69, 9.17) is 4.74 Å². The number of rotatable bonds is 5. The number of carbonyl (C=O) groups excluding carboxylic acids is 1. The largest absolute Gasteiger partial charge is 0.494 e. The van der Waals surface area contributed by atoms with Crippen molar-refractivity contribution in [2.45, 2.75) is 32.4 Å². The van der Waals surface area contributed by atoms with Crippen LogP contribution in [0.2, 0.25) is 0 Å². The highest BCUT2D eigenvalue weighted by Gasteiger charge is 2.53. The van der Waals surface area contributed by atoms with Crippen LogP contribution in [0.5, 0.6) is 5.75 Å². The van der Waals surface area contributed by atoms with Gasteiger partial charge in [0.15, 0.2) is 0 Å². The lowest BCUT2D eigenvalue weighted by Gasteiger charge is -2.31. The Hall–Kier alpha value is -3.66. The molecule has 2 N–H and O–H groups in total. The minimum absolute atomic E-state index is 0.0790. The molecule has 178 valence electrons. The van der Waals surface area contributed by atoms with Crippen molar-refractivity contribution in [2.75, 3.05) is 6.61 Å². The minimum Gasteiger partial charge on any atom is -0.494 e. The first kappa shape index (κ1) is 23.5. The summed E-state index contributed by atoms with van der Waals surface area (Å²) in [5, 5.41) is 11.0. The molecule has 0 saturated carbocycles. The highest BCUT2D eigenvalue weighted by Crippen LogP contribution is 2.37. The van der Waals surface area contributed by atoms with Gasteiger partial charge in [0.25, 0.3) is 18.4 Å². The number of alkyl halides is 2. The van der Waals surface area contributed by atoms with E-state index in [-0.39, 0.29) is 10.6 Å². The molecule has 0 bridgehead atoms. The molecule has 1 atom stereocenters. The molecule has 1 aliphatic heterocycles. The molecule has 2 heterocycles. The Morgan fingerprint density at radius 2 is 1.91 bits per heavy atom. The highest BCUT2D eigenvalue weighted by molar-refractivity contribution is 6.07. The second kappa shape index (κ2) is 8.94. The Labute approximate surface area is 192 Å². The first-order chi connectivity index (χ1) is 16.1. The fourth-order valence-corrected chi connectivity index (χ4v) is 3.79. The highest BCUT2D eigenvalue weighted by atomic mass is 19.3. The maximum absolute atomic E-state index is 13.7. The Morgan fingerprint density at radius 3 is 2.53 bits per heavy atom. The SMILES string of the molecule is CCOc1ccc(-c2cc(C(=O)N3NC(=C(F)F)CC3(O)C(F)F)c3cc(C)ccc3n2)cc1. The molecule has 0 spiro atoms. The molecule has 2 aromatic carbocycles. The van der Waals surface area contributed by atoms with E-state index < -0.39 is 36.3 Å². The van der Waals surface area contributed by atoms with E-state index in [0.717, 1.165) is 5.56 Å². The number of benzene rings is 2. The number of pyridine rings is 1. The van der Waals surface area contributed by atoms with Crippen molar-refractivity contribution in [1.82, 2.24) is 15.4 Å². The van der Waals surface area contributed by atoms with Crippen LogP contribution in [-0.2, 0) is 0 Å². The summed E-state index contributed by atoms with van der Waals surface area (Å²) in [6.07, 6.45) is -6.92. The van der Waals surface area contributed by atoms with Crippen molar-refractivity contribution >= 4 is 16.8 Å². The zero-order chi connectivity index (χ0) is 24.6. The lowest BCUT2D eigenvalue weighted by atomic mass is 10.0. The van der Waals surface area contributed by atoms with E-state index in [1.54, 1.807) is 49.4 Å². The van der Waals surface area contributed by atoms with E-state index in [1.165, 1.54) is 6.07 Å². The molecule has 0 aliphatic carbocycles. The van der Waals surface area contributed by atoms with Gasteiger partial charge in [0.05, 0.1) is 29.8 Å². The van der Waals surface area contributed by atoms with E-state index in [0.29, 0.717) is 34.5 Å². The number of hydrogen-bond donors (Lipinski definition) is 2. The number of aryl methyl sites for hydroxylation is 1. The van der Waals surface area contributed by atoms with Crippen LogP contribution in [0.1, 0.15) is 29.3 Å². The van der Waals surface area contributed by atoms with Crippen molar-refractivity contribution in [3.05, 3.63) is 71.4 Å². The number of hydrazine groups is 1. The van der Waals surface area contributed by atoms with Gasteiger partial charge in [0.1, 0.15) is 11.4 Å². The first-order valence-electron chi connectivity index (χ1n) is 10.4. The number of carbonyl (C=O) groups is 1. The van der Waals surface area contributed by atoms with Gasteiger partial charge in [0.2, 0.25) is 5.72 Å². The van der Waals surface area contributed by atoms with Gasteiger partial charge in [0, 0.05) is 10.9 Å². The number of halogens is 4. The van der Waals surface area contributed by atoms with Crippen LogP contribution in [0.15, 0.2) is 60.3 Å². The zero-order valence-electron chi connectivity index (χ0n) is 18.3. The normalized spacial score (nSPS) is 17.9. The van der Waals surface area contributed by atoms with Crippen LogP contribution in [0.3, 0.4) is 0 Å². The van der Waals surface area contributed by atoms with Gasteiger partial charge in [-0.2, -0.15) is 8.78 Å². The Bertz CT molecular complexity index is 1280. The maximum atomic E-state index is 13.7. The summed E-state index contributed by atoms with van der Waals surface area (Å²) in [5.41, 5.74) is -0.0618. The average Bonchev–Trinajstić information content (AvgIpc) is 3.18. The monoisotopic (exact) mass is 475 g/mol. The van der Waals surface area contributed by atoms with Crippen LogP contribution in [0.4, 0.5) is 17.6 Å². The van der Waals surface area contributed by atoms with E-state index >= 15 is 0 Å². The van der Waals surface area contributed by atoms with Gasteiger partial charge in [-0.1, -0.05) is 11.6 Å². The van der Waals surface area contributed by atoms with Crippen molar-refractivity contribution in [3.63, 3.8) is 0 Å². The third-order valence-electron chi connectivity index (χ3n) is 5.51. The number of fused-ring (bicyclic) bond motifs is 1. The van der Waals surface area contributed by atoms with Crippen LogP contribution in [0, 0.1) is 6.92 Å². The van der Waals surface area contributed by atoms with E-state index in [9.17, 15) is 27.5 Å². The molecule has 4 rings (SSSR count). The van der Waals surface area contributed by atoms with Crippen LogP contribution >= 0.6 is 0 Å². The van der Waals surface area contributed by atoms with E-state index in [2.05, 4.69) is 4.98 Å². The zero-order valence-corrected chi connectivity index (χ0v) is 18.3. The molecule has 10 heteroatoms. The van der Waals surface area contributed by atoms with Gasteiger partial charge in [-0.25, -0.2) is 18.8 Å². The Morgan fingerprint density at radius 1 is 1.21 bits per heavy atom. The van der Waals surface area contributed by atoms with E-state index in [1.807, 2.05) is 12.3 Å². The lowest BCUT2D eigenvalue weighted by Crippen LogP contribution is -2.55. The van der Waals surface area contributed by atoms with Crippen molar-refractivity contribution in [1.29, 1.82) is 0 Å². The van der Waals surface area contributed by atoms with Crippen LogP contribution in [-0.4, -0.2) is 39.8 Å². The molecule has 34 heavy (non-hydrogen) atoms. The summed E-state index contributed by atoms with van der Waals surface area (Å²) < 4.78 is 59.2. The second-order valence-electron chi connectivity index (χ2n) is 7.88. The number of aromatic nitrogens is 1. The summed E-state index contributed by atoms with van der Waals surface area (Å²) in [6, 6.07) is 13.4. The summed E-state index contributed by atoms with van der Waals surface area (Å²) in [5.74, 6) is -0.459. The van der Waals surface area contributed by atoms with Gasteiger partial charge in [-0.15, -0.1) is 0 Å². The minimum atomic E-state index is -3.50. The van der Waals surface area contributed by atoms with Crippen LogP contribution in [0.25, 0.3) is 22.2 Å².